The minimum atomic E-state index is -1.56. The van der Waals surface area contributed by atoms with Crippen molar-refractivity contribution < 1.29 is 13.9 Å². The van der Waals surface area contributed by atoms with E-state index in [4.69, 9.17) is 5.73 Å². The third kappa shape index (κ3) is 8.80. The second-order valence-electron chi connectivity index (χ2n) is 6.97. The van der Waals surface area contributed by atoms with Gasteiger partial charge in [-0.05, 0) is 32.3 Å². The van der Waals surface area contributed by atoms with Crippen molar-refractivity contribution in [2.24, 2.45) is 16.6 Å². The van der Waals surface area contributed by atoms with Crippen LogP contribution in [0.4, 0.5) is 8.78 Å². The normalized spacial score (nSPS) is 15.4. The fourth-order valence-electron chi connectivity index (χ4n) is 2.45. The number of halogens is 3. The average molecular weight is 469 g/mol. The number of benzene rings is 1. The maximum Gasteiger partial charge on any atom is 0.188 e. The van der Waals surface area contributed by atoms with Gasteiger partial charge in [0, 0.05) is 17.7 Å². The first kappa shape index (κ1) is 24.0. The van der Waals surface area contributed by atoms with Crippen molar-refractivity contribution in [3.63, 3.8) is 0 Å². The second-order valence-corrected chi connectivity index (χ2v) is 6.97. The van der Waals surface area contributed by atoms with Crippen LogP contribution in [0.15, 0.2) is 23.2 Å². The molecule has 7 heteroatoms. The minimum absolute atomic E-state index is 0. The Morgan fingerprint density at radius 3 is 2.48 bits per heavy atom. The molecule has 1 aromatic rings. The number of guanidine groups is 1. The lowest BCUT2D eigenvalue weighted by atomic mass is 9.95. The van der Waals surface area contributed by atoms with E-state index in [9.17, 15) is 13.9 Å². The number of rotatable bonds is 8. The number of hydrogen-bond acceptors (Lipinski definition) is 2. The number of nitrogens with zero attached hydrogens (tertiary/aromatic N) is 1. The standard InChI is InChI=1S/C18H29F2N3O.HI/c1-12(2)6-5-7-13(3)23-17(21)22-11-18(4,24)15-9-8-14(19)10-16(15)20;/h8-10,12-13,24H,5-7,11H2,1-4H3,(H3,21,22,23);1H. The molecule has 0 amide bonds. The Kier molecular flexibility index (Phi) is 10.5. The lowest BCUT2D eigenvalue weighted by Gasteiger charge is -2.23. The molecule has 0 bridgehead atoms. The third-order valence-electron chi connectivity index (χ3n) is 3.88. The van der Waals surface area contributed by atoms with E-state index in [1.54, 1.807) is 0 Å². The summed E-state index contributed by atoms with van der Waals surface area (Å²) in [5.74, 6) is -0.616. The largest absolute Gasteiger partial charge is 0.383 e. The molecule has 144 valence electrons. The molecule has 2 unspecified atom stereocenters. The van der Waals surface area contributed by atoms with Gasteiger partial charge in [0.25, 0.3) is 0 Å². The number of hydrogen-bond donors (Lipinski definition) is 3. The first-order valence-corrected chi connectivity index (χ1v) is 8.36. The highest BCUT2D eigenvalue weighted by molar-refractivity contribution is 14.0. The fraction of sp³-hybridized carbons (Fsp3) is 0.611. The van der Waals surface area contributed by atoms with Gasteiger partial charge in [0.1, 0.15) is 17.2 Å². The van der Waals surface area contributed by atoms with Crippen LogP contribution in [0.5, 0.6) is 0 Å². The van der Waals surface area contributed by atoms with Gasteiger partial charge in [-0.3, -0.25) is 4.99 Å². The van der Waals surface area contributed by atoms with Crippen LogP contribution in [0.1, 0.15) is 52.5 Å². The van der Waals surface area contributed by atoms with E-state index in [2.05, 4.69) is 24.2 Å². The highest BCUT2D eigenvalue weighted by Crippen LogP contribution is 2.24. The smallest absolute Gasteiger partial charge is 0.188 e. The summed E-state index contributed by atoms with van der Waals surface area (Å²) in [4.78, 5) is 4.09. The molecule has 4 N–H and O–H groups in total. The van der Waals surface area contributed by atoms with Gasteiger partial charge in [-0.1, -0.05) is 32.8 Å². The quantitative estimate of drug-likeness (QED) is 0.307. The van der Waals surface area contributed by atoms with Crippen molar-refractivity contribution in [3.8, 4) is 0 Å². The van der Waals surface area contributed by atoms with E-state index in [1.165, 1.54) is 13.0 Å². The molecule has 25 heavy (non-hydrogen) atoms. The molecule has 2 atom stereocenters. The van der Waals surface area contributed by atoms with Crippen molar-refractivity contribution in [1.82, 2.24) is 5.32 Å². The molecule has 0 aliphatic rings. The van der Waals surface area contributed by atoms with E-state index in [1.807, 2.05) is 6.92 Å². The van der Waals surface area contributed by atoms with Gasteiger partial charge in [-0.2, -0.15) is 0 Å². The van der Waals surface area contributed by atoms with Gasteiger partial charge < -0.3 is 16.2 Å². The molecule has 0 aromatic heterocycles. The van der Waals surface area contributed by atoms with Gasteiger partial charge >= 0.3 is 0 Å². The summed E-state index contributed by atoms with van der Waals surface area (Å²) < 4.78 is 26.8. The number of nitrogens with two attached hydrogens (primary N) is 1. The Morgan fingerprint density at radius 1 is 1.28 bits per heavy atom. The molecular formula is C18H30F2IN3O. The summed E-state index contributed by atoms with van der Waals surface area (Å²) in [5.41, 5.74) is 4.25. The first-order valence-electron chi connectivity index (χ1n) is 8.36. The molecule has 0 aliphatic heterocycles. The molecule has 1 aromatic carbocycles. The zero-order valence-electron chi connectivity index (χ0n) is 15.4. The fourth-order valence-corrected chi connectivity index (χ4v) is 2.45. The lowest BCUT2D eigenvalue weighted by Crippen LogP contribution is -2.39. The monoisotopic (exact) mass is 469 g/mol. The zero-order valence-corrected chi connectivity index (χ0v) is 17.7. The third-order valence-corrected chi connectivity index (χ3v) is 3.88. The Morgan fingerprint density at radius 2 is 1.92 bits per heavy atom. The van der Waals surface area contributed by atoms with Crippen LogP contribution in [-0.4, -0.2) is 23.7 Å². The van der Waals surface area contributed by atoms with Gasteiger partial charge in [-0.15, -0.1) is 24.0 Å². The molecule has 0 saturated heterocycles. The summed E-state index contributed by atoms with van der Waals surface area (Å²) in [6.45, 7) is 7.69. The molecule has 0 radical (unpaired) electrons. The Balaban J connectivity index is 0.00000576. The van der Waals surface area contributed by atoms with Crippen LogP contribution >= 0.6 is 24.0 Å². The summed E-state index contributed by atoms with van der Waals surface area (Å²) in [7, 11) is 0. The zero-order chi connectivity index (χ0) is 18.3. The van der Waals surface area contributed by atoms with Gasteiger partial charge in [-0.25, -0.2) is 8.78 Å². The van der Waals surface area contributed by atoms with Crippen LogP contribution < -0.4 is 11.1 Å². The Hall–Kier alpha value is -0.960. The number of aliphatic imine (C=N–C) groups is 1. The van der Waals surface area contributed by atoms with Crippen LogP contribution in [0.2, 0.25) is 0 Å². The molecular weight excluding hydrogens is 439 g/mol. The van der Waals surface area contributed by atoms with E-state index in [0.29, 0.717) is 5.92 Å². The Bertz CT molecular complexity index is 565. The Labute approximate surface area is 166 Å². The summed E-state index contributed by atoms with van der Waals surface area (Å²) >= 11 is 0. The predicted octanol–water partition coefficient (Wildman–Crippen LogP) is 3.91. The summed E-state index contributed by atoms with van der Waals surface area (Å²) in [6, 6.07) is 3.24. The minimum Gasteiger partial charge on any atom is -0.383 e. The summed E-state index contributed by atoms with van der Waals surface area (Å²) in [5, 5.41) is 13.5. The molecule has 1 rings (SSSR count). The highest BCUT2D eigenvalue weighted by Gasteiger charge is 2.26. The van der Waals surface area contributed by atoms with E-state index in [0.717, 1.165) is 31.4 Å². The molecule has 0 heterocycles. The average Bonchev–Trinajstić information content (AvgIpc) is 2.44. The lowest BCUT2D eigenvalue weighted by molar-refractivity contribution is 0.0633. The maximum absolute atomic E-state index is 13.8. The van der Waals surface area contributed by atoms with Crippen molar-refractivity contribution in [3.05, 3.63) is 35.4 Å². The van der Waals surface area contributed by atoms with Crippen LogP contribution in [0.3, 0.4) is 0 Å². The molecule has 0 saturated carbocycles. The van der Waals surface area contributed by atoms with E-state index < -0.39 is 17.2 Å². The van der Waals surface area contributed by atoms with Crippen molar-refractivity contribution in [2.45, 2.75) is 58.6 Å². The van der Waals surface area contributed by atoms with Crippen molar-refractivity contribution >= 4 is 29.9 Å². The SMILES string of the molecule is CC(C)CCCC(C)NC(N)=NCC(C)(O)c1ccc(F)cc1F.I. The number of nitrogens with one attached hydrogen (secondary N) is 1. The molecule has 4 nitrogen and oxygen atoms in total. The molecule has 0 fully saturated rings. The van der Waals surface area contributed by atoms with Crippen LogP contribution in [-0.2, 0) is 5.60 Å². The maximum atomic E-state index is 13.8. The van der Waals surface area contributed by atoms with E-state index >= 15 is 0 Å². The molecule has 0 aliphatic carbocycles. The van der Waals surface area contributed by atoms with Gasteiger partial charge in [0.2, 0.25) is 0 Å². The van der Waals surface area contributed by atoms with Gasteiger partial charge in [0.15, 0.2) is 5.96 Å². The van der Waals surface area contributed by atoms with Crippen LogP contribution in [0, 0.1) is 17.6 Å². The topological polar surface area (TPSA) is 70.6 Å². The second kappa shape index (κ2) is 10.9. The van der Waals surface area contributed by atoms with Gasteiger partial charge in [0.05, 0.1) is 6.54 Å². The number of aliphatic hydroxyl groups is 1. The predicted molar refractivity (Wildman–Crippen MR) is 109 cm³/mol. The van der Waals surface area contributed by atoms with E-state index in [-0.39, 0.29) is 48.1 Å². The first-order chi connectivity index (χ1) is 11.1. The van der Waals surface area contributed by atoms with Crippen molar-refractivity contribution in [2.75, 3.05) is 6.54 Å². The van der Waals surface area contributed by atoms with Crippen molar-refractivity contribution in [1.29, 1.82) is 0 Å². The highest BCUT2D eigenvalue weighted by atomic mass is 127. The van der Waals surface area contributed by atoms with Crippen LogP contribution in [0.25, 0.3) is 0 Å². The molecule has 0 spiro atoms. The summed E-state index contributed by atoms with van der Waals surface area (Å²) in [6.07, 6.45) is 3.22.